The van der Waals surface area contributed by atoms with Crippen molar-refractivity contribution in [2.24, 2.45) is 11.8 Å². The average Bonchev–Trinajstić information content (AvgIpc) is 3.59. The van der Waals surface area contributed by atoms with Crippen LogP contribution in [0.3, 0.4) is 0 Å². The Bertz CT molecular complexity index is 945. The summed E-state index contributed by atoms with van der Waals surface area (Å²) in [6.07, 6.45) is 1.92. The molecule has 7 nitrogen and oxygen atoms in total. The molecule has 8 heteroatoms. The molecule has 34 heavy (non-hydrogen) atoms. The number of carbonyl (C=O) groups excluding carboxylic acids is 2. The van der Waals surface area contributed by atoms with E-state index in [0.29, 0.717) is 43.5 Å². The molecule has 0 radical (unpaired) electrons. The van der Waals surface area contributed by atoms with Gasteiger partial charge in [0.1, 0.15) is 11.2 Å². The number of hydrogen-bond donors (Lipinski definition) is 1. The molecular weight excluding hydrogens is 441 g/mol. The molecule has 3 atom stereocenters. The van der Waals surface area contributed by atoms with E-state index in [0.717, 1.165) is 12.8 Å². The van der Waals surface area contributed by atoms with E-state index in [1.165, 1.54) is 7.11 Å². The van der Waals surface area contributed by atoms with Crippen molar-refractivity contribution in [2.45, 2.75) is 83.0 Å². The second-order valence-electron chi connectivity index (χ2n) is 11.0. The van der Waals surface area contributed by atoms with Crippen molar-refractivity contribution < 1.29 is 33.3 Å². The van der Waals surface area contributed by atoms with Gasteiger partial charge >= 0.3 is 12.1 Å². The van der Waals surface area contributed by atoms with Crippen molar-refractivity contribution in [1.29, 1.82) is 0 Å². The highest BCUT2D eigenvalue weighted by Gasteiger charge is 2.47. The summed E-state index contributed by atoms with van der Waals surface area (Å²) >= 11 is 0. The molecule has 188 valence electrons. The molecule has 0 bridgehead atoms. The number of hydrogen-bond acceptors (Lipinski definition) is 6. The number of fused-ring (bicyclic) bond motifs is 1. The summed E-state index contributed by atoms with van der Waals surface area (Å²) in [5.41, 5.74) is -0.467. The highest BCUT2D eigenvalue weighted by molar-refractivity contribution is 5.73. The largest absolute Gasteiger partial charge is 0.484 e. The number of benzene rings is 1. The summed E-state index contributed by atoms with van der Waals surface area (Å²) in [6, 6.07) is 3.41. The maximum absolute atomic E-state index is 15.9. The molecule has 1 aromatic carbocycles. The number of esters is 1. The molecule has 1 saturated heterocycles. The predicted molar refractivity (Wildman–Crippen MR) is 123 cm³/mol. The van der Waals surface area contributed by atoms with Gasteiger partial charge in [-0.25, -0.2) is 9.18 Å². The third-order valence-electron chi connectivity index (χ3n) is 7.33. The summed E-state index contributed by atoms with van der Waals surface area (Å²) in [6.45, 7) is 8.06. The van der Waals surface area contributed by atoms with Crippen LogP contribution in [0.4, 0.5) is 9.18 Å². The molecule has 1 amide bonds. The van der Waals surface area contributed by atoms with E-state index < -0.39 is 29.0 Å². The van der Waals surface area contributed by atoms with Crippen LogP contribution in [0.2, 0.25) is 0 Å². The molecule has 0 aromatic heterocycles. The summed E-state index contributed by atoms with van der Waals surface area (Å²) in [5, 5.41) is 10.9. The third kappa shape index (κ3) is 4.88. The van der Waals surface area contributed by atoms with Gasteiger partial charge in [0.2, 0.25) is 0 Å². The van der Waals surface area contributed by atoms with Crippen molar-refractivity contribution in [2.75, 3.05) is 20.2 Å². The molecule has 1 N–H and O–H groups in total. The lowest BCUT2D eigenvalue weighted by atomic mass is 9.79. The number of aliphatic hydroxyl groups is 1. The second kappa shape index (κ2) is 9.02. The molecule has 2 aliphatic heterocycles. The van der Waals surface area contributed by atoms with Crippen molar-refractivity contribution >= 4 is 12.1 Å². The van der Waals surface area contributed by atoms with E-state index in [9.17, 15) is 14.7 Å². The Labute approximate surface area is 200 Å². The summed E-state index contributed by atoms with van der Waals surface area (Å²) in [4.78, 5) is 26.4. The van der Waals surface area contributed by atoms with Crippen LogP contribution in [0.15, 0.2) is 12.1 Å². The van der Waals surface area contributed by atoms with Crippen molar-refractivity contribution in [3.05, 3.63) is 29.1 Å². The Balaban J connectivity index is 1.57. The number of methoxy groups -OCH3 is 1. The smallest absolute Gasteiger partial charge is 0.410 e. The minimum Gasteiger partial charge on any atom is -0.484 e. The quantitative estimate of drug-likeness (QED) is 0.632. The predicted octanol–water partition coefficient (Wildman–Crippen LogP) is 4.71. The minimum atomic E-state index is -0.863. The van der Waals surface area contributed by atoms with Crippen LogP contribution >= 0.6 is 0 Å². The van der Waals surface area contributed by atoms with Gasteiger partial charge in [-0.3, -0.25) is 4.79 Å². The average molecular weight is 478 g/mol. The van der Waals surface area contributed by atoms with Gasteiger partial charge in [-0.05, 0) is 45.1 Å². The summed E-state index contributed by atoms with van der Waals surface area (Å²) in [5.74, 6) is -1.35. The number of ether oxygens (including phenoxy) is 3. The fraction of sp³-hybridized carbons (Fsp3) is 0.692. The zero-order valence-corrected chi connectivity index (χ0v) is 20.7. The van der Waals surface area contributed by atoms with Gasteiger partial charge in [-0.2, -0.15) is 0 Å². The number of carbonyl (C=O) groups is 2. The van der Waals surface area contributed by atoms with Crippen LogP contribution in [-0.2, 0) is 14.3 Å². The van der Waals surface area contributed by atoms with Gasteiger partial charge in [-0.1, -0.05) is 19.1 Å². The molecule has 1 spiro atoms. The number of nitrogens with zero attached hydrogens (tertiary/aromatic N) is 1. The van der Waals surface area contributed by atoms with Crippen molar-refractivity contribution in [1.82, 2.24) is 4.90 Å². The molecule has 1 aromatic rings. The monoisotopic (exact) mass is 477 g/mol. The highest BCUT2D eigenvalue weighted by atomic mass is 19.1. The number of halogens is 1. The topological polar surface area (TPSA) is 85.3 Å². The molecule has 2 fully saturated rings. The van der Waals surface area contributed by atoms with Crippen LogP contribution in [0, 0.1) is 17.7 Å². The summed E-state index contributed by atoms with van der Waals surface area (Å²) < 4.78 is 32.7. The van der Waals surface area contributed by atoms with Gasteiger partial charge in [0, 0.05) is 43.8 Å². The first kappa shape index (κ1) is 24.8. The van der Waals surface area contributed by atoms with E-state index in [2.05, 4.69) is 0 Å². The molecule has 2 heterocycles. The molecule has 3 unspecified atom stereocenters. The molecule has 4 rings (SSSR count). The van der Waals surface area contributed by atoms with Crippen LogP contribution in [-0.4, -0.2) is 53.5 Å². The van der Waals surface area contributed by atoms with Gasteiger partial charge < -0.3 is 24.2 Å². The number of likely N-dealkylation sites (tertiary alicyclic amines) is 1. The van der Waals surface area contributed by atoms with Crippen molar-refractivity contribution in [3.63, 3.8) is 0 Å². The first-order valence-corrected chi connectivity index (χ1v) is 12.2. The fourth-order valence-electron chi connectivity index (χ4n) is 5.38. The van der Waals surface area contributed by atoms with Gasteiger partial charge in [0.15, 0.2) is 11.6 Å². The van der Waals surface area contributed by atoms with Crippen LogP contribution in [0.25, 0.3) is 0 Å². The molecule has 1 aliphatic carbocycles. The fourth-order valence-corrected chi connectivity index (χ4v) is 5.38. The Morgan fingerprint density at radius 1 is 1.24 bits per heavy atom. The Morgan fingerprint density at radius 3 is 2.44 bits per heavy atom. The van der Waals surface area contributed by atoms with E-state index in [1.807, 2.05) is 20.8 Å². The zero-order chi connectivity index (χ0) is 24.8. The number of piperidine rings is 1. The number of amides is 1. The van der Waals surface area contributed by atoms with Gasteiger partial charge in [0.05, 0.1) is 19.1 Å². The number of aliphatic hydroxyl groups excluding tert-OH is 1. The van der Waals surface area contributed by atoms with Crippen LogP contribution in [0.5, 0.6) is 5.75 Å². The maximum atomic E-state index is 15.9. The third-order valence-corrected chi connectivity index (χ3v) is 7.33. The molecule has 1 saturated carbocycles. The second-order valence-corrected chi connectivity index (χ2v) is 11.0. The molecular formula is C26H36FNO6. The lowest BCUT2D eigenvalue weighted by Gasteiger charge is -2.46. The van der Waals surface area contributed by atoms with E-state index >= 15 is 4.39 Å². The lowest BCUT2D eigenvalue weighted by molar-refractivity contribution is -0.145. The maximum Gasteiger partial charge on any atom is 0.410 e. The van der Waals surface area contributed by atoms with E-state index in [4.69, 9.17) is 14.2 Å². The van der Waals surface area contributed by atoms with Crippen molar-refractivity contribution in [3.8, 4) is 5.75 Å². The van der Waals surface area contributed by atoms with Gasteiger partial charge in [0.25, 0.3) is 0 Å². The standard InChI is InChI=1S/C26H36FNO6/c1-15(23(30)32-5)20(16-6-7-16)18-9-8-17-19(29)14-26(33-22(17)21(18)27)10-12-28(13-11-26)24(31)34-25(2,3)4/h8-9,15-16,19-20,29H,6-7,10-14H2,1-5H3. The SMILES string of the molecule is COC(=O)C(C)C(c1ccc2c(c1F)OC1(CCN(C(=O)OC(C)(C)C)CC1)CC2O)C1CC1. The first-order chi connectivity index (χ1) is 15.9. The lowest BCUT2D eigenvalue weighted by Crippen LogP contribution is -2.52. The first-order valence-electron chi connectivity index (χ1n) is 12.2. The zero-order valence-electron chi connectivity index (χ0n) is 20.7. The van der Waals surface area contributed by atoms with E-state index in [-0.39, 0.29) is 29.6 Å². The Morgan fingerprint density at radius 2 is 1.88 bits per heavy atom. The Hall–Kier alpha value is -2.35. The Kier molecular flexibility index (Phi) is 6.57. The molecule has 3 aliphatic rings. The highest BCUT2D eigenvalue weighted by Crippen LogP contribution is 2.51. The normalized spacial score (nSPS) is 23.5. The van der Waals surface area contributed by atoms with Gasteiger partial charge in [-0.15, -0.1) is 0 Å². The number of rotatable bonds is 4. The minimum absolute atomic E-state index is 0.0738. The van der Waals surface area contributed by atoms with Crippen LogP contribution in [0.1, 0.15) is 82.9 Å². The summed E-state index contributed by atoms with van der Waals surface area (Å²) in [7, 11) is 1.35. The van der Waals surface area contributed by atoms with Crippen LogP contribution < -0.4 is 4.74 Å². The van der Waals surface area contributed by atoms with E-state index in [1.54, 1.807) is 24.0 Å².